The molecule has 1 heterocycles. The van der Waals surface area contributed by atoms with E-state index in [9.17, 15) is 28.1 Å². The first-order chi connectivity index (χ1) is 14.1. The quantitative estimate of drug-likeness (QED) is 0.516. The van der Waals surface area contributed by atoms with Gasteiger partial charge in [-0.15, -0.1) is 0 Å². The van der Waals surface area contributed by atoms with E-state index in [4.69, 9.17) is 16.3 Å². The number of carbonyl (C=O) groups is 1. The lowest BCUT2D eigenvalue weighted by atomic mass is 10.1. The molecule has 1 aliphatic heterocycles. The lowest BCUT2D eigenvalue weighted by molar-refractivity contribution is -0.384. The van der Waals surface area contributed by atoms with Gasteiger partial charge in [0.25, 0.3) is 11.6 Å². The molecule has 1 amide bonds. The molecule has 0 aliphatic carbocycles. The van der Waals surface area contributed by atoms with E-state index in [1.807, 2.05) is 0 Å². The Morgan fingerprint density at radius 2 is 1.73 bits per heavy atom. The zero-order valence-corrected chi connectivity index (χ0v) is 16.3. The fraction of sp³-hybridized carbons (Fsp3) is 0.316. The molecule has 2 aromatic rings. The molecule has 0 bridgehead atoms. The number of ether oxygens (including phenoxy) is 1. The van der Waals surface area contributed by atoms with Crippen molar-refractivity contribution in [2.75, 3.05) is 37.7 Å². The van der Waals surface area contributed by atoms with Gasteiger partial charge >= 0.3 is 6.18 Å². The van der Waals surface area contributed by atoms with Crippen LogP contribution in [0.15, 0.2) is 42.5 Å². The number of amides is 1. The van der Waals surface area contributed by atoms with Crippen LogP contribution >= 0.6 is 11.6 Å². The maximum absolute atomic E-state index is 12.9. The summed E-state index contributed by atoms with van der Waals surface area (Å²) in [5.41, 5.74) is -1.60. The molecule has 1 saturated heterocycles. The van der Waals surface area contributed by atoms with E-state index in [1.54, 1.807) is 34.1 Å². The Labute approximate surface area is 174 Å². The largest absolute Gasteiger partial charge is 0.484 e. The molecule has 11 heteroatoms. The predicted octanol–water partition coefficient (Wildman–Crippen LogP) is 3.99. The van der Waals surface area contributed by atoms with E-state index < -0.39 is 22.4 Å². The van der Waals surface area contributed by atoms with Crippen LogP contribution in [0.4, 0.5) is 24.5 Å². The minimum absolute atomic E-state index is 0.0949. The molecule has 1 fully saturated rings. The normalized spacial score (nSPS) is 14.5. The molecule has 0 saturated carbocycles. The van der Waals surface area contributed by atoms with E-state index in [1.165, 1.54) is 0 Å². The first kappa shape index (κ1) is 21.7. The summed E-state index contributed by atoms with van der Waals surface area (Å²) in [4.78, 5) is 25.9. The van der Waals surface area contributed by atoms with E-state index in [-0.39, 0.29) is 44.4 Å². The Morgan fingerprint density at radius 1 is 1.10 bits per heavy atom. The van der Waals surface area contributed by atoms with Crippen molar-refractivity contribution in [2.45, 2.75) is 6.18 Å². The summed E-state index contributed by atoms with van der Waals surface area (Å²) < 4.78 is 44.0. The number of hydrogen-bond acceptors (Lipinski definition) is 5. The second-order valence-electron chi connectivity index (χ2n) is 6.57. The van der Waals surface area contributed by atoms with E-state index in [2.05, 4.69) is 0 Å². The highest BCUT2D eigenvalue weighted by Crippen LogP contribution is 2.36. The Kier molecular flexibility index (Phi) is 6.35. The molecule has 30 heavy (non-hydrogen) atoms. The van der Waals surface area contributed by atoms with Crippen LogP contribution in [0.5, 0.6) is 5.75 Å². The van der Waals surface area contributed by atoms with Gasteiger partial charge in [-0.3, -0.25) is 14.9 Å². The van der Waals surface area contributed by atoms with Gasteiger partial charge in [-0.25, -0.2) is 0 Å². The fourth-order valence-electron chi connectivity index (χ4n) is 3.08. The maximum Gasteiger partial charge on any atom is 0.416 e. The molecule has 1 aliphatic rings. The number of piperazine rings is 1. The molecule has 0 atom stereocenters. The number of nitro benzene ring substituents is 1. The van der Waals surface area contributed by atoms with Gasteiger partial charge in [0.1, 0.15) is 11.4 Å². The minimum Gasteiger partial charge on any atom is -0.484 e. The van der Waals surface area contributed by atoms with Crippen molar-refractivity contribution in [3.63, 3.8) is 0 Å². The van der Waals surface area contributed by atoms with Crippen LogP contribution in [0.3, 0.4) is 0 Å². The highest BCUT2D eigenvalue weighted by molar-refractivity contribution is 6.30. The van der Waals surface area contributed by atoms with E-state index in [0.717, 1.165) is 12.1 Å². The zero-order chi connectivity index (χ0) is 21.9. The number of anilines is 1. The Morgan fingerprint density at radius 3 is 2.30 bits per heavy atom. The van der Waals surface area contributed by atoms with Crippen molar-refractivity contribution in [3.05, 3.63) is 63.2 Å². The Hall–Kier alpha value is -3.01. The lowest BCUT2D eigenvalue weighted by Gasteiger charge is -2.35. The van der Waals surface area contributed by atoms with Crippen LogP contribution in [-0.2, 0) is 11.0 Å². The molecular weight excluding hydrogens is 427 g/mol. The number of nitro groups is 1. The van der Waals surface area contributed by atoms with Gasteiger partial charge < -0.3 is 14.5 Å². The first-order valence-corrected chi connectivity index (χ1v) is 9.29. The van der Waals surface area contributed by atoms with Crippen LogP contribution in [-0.4, -0.2) is 48.5 Å². The van der Waals surface area contributed by atoms with Crippen molar-refractivity contribution in [1.29, 1.82) is 0 Å². The summed E-state index contributed by atoms with van der Waals surface area (Å²) in [7, 11) is 0. The van der Waals surface area contributed by atoms with Gasteiger partial charge in [-0.05, 0) is 36.4 Å². The van der Waals surface area contributed by atoms with Gasteiger partial charge in [0.15, 0.2) is 6.61 Å². The molecule has 0 aromatic heterocycles. The van der Waals surface area contributed by atoms with Gasteiger partial charge in [-0.2, -0.15) is 13.2 Å². The third kappa shape index (κ3) is 5.12. The van der Waals surface area contributed by atoms with Crippen LogP contribution in [0.25, 0.3) is 0 Å². The Bertz CT molecular complexity index is 930. The molecule has 2 aromatic carbocycles. The van der Waals surface area contributed by atoms with Gasteiger partial charge in [-0.1, -0.05) is 11.6 Å². The highest BCUT2D eigenvalue weighted by atomic mass is 35.5. The summed E-state index contributed by atoms with van der Waals surface area (Å²) in [5, 5.41) is 11.8. The van der Waals surface area contributed by atoms with E-state index >= 15 is 0 Å². The van der Waals surface area contributed by atoms with Crippen LogP contribution in [0.2, 0.25) is 5.02 Å². The summed E-state index contributed by atoms with van der Waals surface area (Å²) in [6.07, 6.45) is -4.67. The minimum atomic E-state index is -4.67. The molecule has 3 rings (SSSR count). The Balaban J connectivity index is 1.61. The van der Waals surface area contributed by atoms with Crippen molar-refractivity contribution in [1.82, 2.24) is 4.90 Å². The smallest absolute Gasteiger partial charge is 0.416 e. The number of hydrogen-bond donors (Lipinski definition) is 0. The van der Waals surface area contributed by atoms with Crippen LogP contribution < -0.4 is 9.64 Å². The number of alkyl halides is 3. The second-order valence-corrected chi connectivity index (χ2v) is 7.01. The lowest BCUT2D eigenvalue weighted by Crippen LogP contribution is -2.50. The number of rotatable bonds is 5. The first-order valence-electron chi connectivity index (χ1n) is 8.92. The molecule has 7 nitrogen and oxygen atoms in total. The molecule has 0 N–H and O–H groups in total. The monoisotopic (exact) mass is 443 g/mol. The molecule has 0 radical (unpaired) electrons. The van der Waals surface area contributed by atoms with Gasteiger partial charge in [0, 0.05) is 37.3 Å². The fourth-order valence-corrected chi connectivity index (χ4v) is 3.20. The molecular formula is C19H17ClF3N3O4. The van der Waals surface area contributed by atoms with Crippen LogP contribution in [0, 0.1) is 10.1 Å². The summed E-state index contributed by atoms with van der Waals surface area (Å²) in [6, 6.07) is 9.00. The standard InChI is InChI=1S/C19H17ClF3N3O4/c20-14-2-4-15(5-3-14)30-12-18(27)25-9-7-24(8-10-25)16-6-1-13(19(21,22)23)11-17(16)26(28)29/h1-6,11H,7-10,12H2. The average molecular weight is 444 g/mol. The summed E-state index contributed by atoms with van der Waals surface area (Å²) >= 11 is 5.79. The third-order valence-corrected chi connectivity index (χ3v) is 4.90. The number of nitrogens with zero attached hydrogens (tertiary/aromatic N) is 3. The molecule has 0 unspecified atom stereocenters. The van der Waals surface area contributed by atoms with Gasteiger partial charge in [0.05, 0.1) is 10.5 Å². The number of carbonyl (C=O) groups excluding carboxylic acids is 1. The van der Waals surface area contributed by atoms with Crippen molar-refractivity contribution in [3.8, 4) is 5.75 Å². The average Bonchev–Trinajstić information content (AvgIpc) is 2.72. The van der Waals surface area contributed by atoms with Crippen LogP contribution in [0.1, 0.15) is 5.56 Å². The third-order valence-electron chi connectivity index (χ3n) is 4.65. The number of benzene rings is 2. The second kappa shape index (κ2) is 8.78. The maximum atomic E-state index is 12.9. The molecule has 160 valence electrons. The zero-order valence-electron chi connectivity index (χ0n) is 15.6. The van der Waals surface area contributed by atoms with E-state index in [0.29, 0.717) is 16.8 Å². The molecule has 0 spiro atoms. The van der Waals surface area contributed by atoms with Crippen molar-refractivity contribution >= 4 is 28.9 Å². The summed E-state index contributed by atoms with van der Waals surface area (Å²) in [5.74, 6) is 0.235. The SMILES string of the molecule is O=C(COc1ccc(Cl)cc1)N1CCN(c2ccc(C(F)(F)F)cc2[N+](=O)[O-])CC1. The number of halogens is 4. The van der Waals surface area contributed by atoms with Crippen molar-refractivity contribution < 1.29 is 27.6 Å². The topological polar surface area (TPSA) is 75.9 Å². The predicted molar refractivity (Wildman–Crippen MR) is 104 cm³/mol. The van der Waals surface area contributed by atoms with Crippen molar-refractivity contribution in [2.24, 2.45) is 0 Å². The summed E-state index contributed by atoms with van der Waals surface area (Å²) in [6.45, 7) is 0.849. The highest BCUT2D eigenvalue weighted by Gasteiger charge is 2.34. The van der Waals surface area contributed by atoms with Gasteiger partial charge in [0.2, 0.25) is 0 Å².